The highest BCUT2D eigenvalue weighted by Crippen LogP contribution is 2.32. The van der Waals surface area contributed by atoms with Crippen LogP contribution in [0.4, 0.5) is 0 Å². The maximum Gasteiger partial charge on any atom is 0.348 e. The molecule has 0 fully saturated rings. The Hall–Kier alpha value is -5.04. The molecule has 0 unspecified atom stereocenters. The van der Waals surface area contributed by atoms with Gasteiger partial charge in [0.25, 0.3) is 10.1 Å². The number of aromatic nitrogens is 2. The Morgan fingerprint density at radius 3 is 2.10 bits per heavy atom. The molecule has 5 aromatic rings. The SMILES string of the molecule is CCOC(=O)C(C#N)=Cc1ccccc1.O=S(=O)(O)c1cccc2nc(-c3ccccc3)n(-c3ccccc3)c12. The van der Waals surface area contributed by atoms with Crippen LogP contribution in [0.25, 0.3) is 34.2 Å². The van der Waals surface area contributed by atoms with Crippen LogP contribution < -0.4 is 0 Å². The fraction of sp³-hybridized carbons (Fsp3) is 0.0645. The lowest BCUT2D eigenvalue weighted by molar-refractivity contribution is -0.137. The summed E-state index contributed by atoms with van der Waals surface area (Å²) in [6.45, 7) is 1.97. The number of imidazole rings is 1. The minimum absolute atomic E-state index is 0.0167. The molecular weight excluding hydrogens is 526 g/mol. The monoisotopic (exact) mass is 551 g/mol. The maximum atomic E-state index is 11.9. The lowest BCUT2D eigenvalue weighted by atomic mass is 10.1. The molecule has 0 spiro atoms. The van der Waals surface area contributed by atoms with Crippen LogP contribution in [0.15, 0.2) is 120 Å². The summed E-state index contributed by atoms with van der Waals surface area (Å²) in [5.74, 6) is 0.0294. The van der Waals surface area contributed by atoms with E-state index in [2.05, 4.69) is 4.98 Å². The Balaban J connectivity index is 0.000000212. The molecule has 200 valence electrons. The fourth-order valence-corrected chi connectivity index (χ4v) is 4.67. The molecule has 8 nitrogen and oxygen atoms in total. The van der Waals surface area contributed by atoms with E-state index < -0.39 is 16.1 Å². The van der Waals surface area contributed by atoms with Crippen LogP contribution in [0, 0.1) is 11.3 Å². The molecule has 1 N–H and O–H groups in total. The van der Waals surface area contributed by atoms with Crippen molar-refractivity contribution >= 4 is 33.2 Å². The van der Waals surface area contributed by atoms with Crippen molar-refractivity contribution in [1.29, 1.82) is 5.26 Å². The van der Waals surface area contributed by atoms with Gasteiger partial charge in [-0.2, -0.15) is 13.7 Å². The average molecular weight is 552 g/mol. The first-order valence-corrected chi connectivity index (χ1v) is 13.7. The van der Waals surface area contributed by atoms with Gasteiger partial charge >= 0.3 is 5.97 Å². The highest BCUT2D eigenvalue weighted by molar-refractivity contribution is 7.86. The lowest BCUT2D eigenvalue weighted by Crippen LogP contribution is -2.05. The van der Waals surface area contributed by atoms with Crippen molar-refractivity contribution in [3.05, 3.63) is 120 Å². The van der Waals surface area contributed by atoms with Gasteiger partial charge in [0.15, 0.2) is 0 Å². The Bertz CT molecular complexity index is 1790. The number of para-hydroxylation sites is 2. The summed E-state index contributed by atoms with van der Waals surface area (Å²) in [5.41, 5.74) is 3.29. The van der Waals surface area contributed by atoms with Gasteiger partial charge < -0.3 is 4.74 Å². The maximum absolute atomic E-state index is 11.9. The molecule has 1 aromatic heterocycles. The number of carbonyl (C=O) groups is 1. The summed E-state index contributed by atoms with van der Waals surface area (Å²) in [6, 6.07) is 34.6. The van der Waals surface area contributed by atoms with E-state index in [4.69, 9.17) is 10.00 Å². The van der Waals surface area contributed by atoms with Gasteiger partial charge in [0, 0.05) is 11.3 Å². The van der Waals surface area contributed by atoms with Crippen LogP contribution in [0.3, 0.4) is 0 Å². The molecule has 0 aliphatic carbocycles. The molecule has 0 aliphatic heterocycles. The van der Waals surface area contributed by atoms with E-state index in [1.807, 2.05) is 97.1 Å². The number of hydrogen-bond donors (Lipinski definition) is 1. The minimum atomic E-state index is -4.39. The van der Waals surface area contributed by atoms with E-state index in [9.17, 15) is 17.8 Å². The molecule has 0 radical (unpaired) electrons. The Morgan fingerprint density at radius 2 is 1.52 bits per heavy atom. The third-order valence-electron chi connectivity index (χ3n) is 5.69. The van der Waals surface area contributed by atoms with Gasteiger partial charge in [0.1, 0.15) is 22.4 Å². The highest BCUT2D eigenvalue weighted by Gasteiger charge is 2.22. The van der Waals surface area contributed by atoms with E-state index in [1.165, 1.54) is 12.1 Å². The topological polar surface area (TPSA) is 122 Å². The van der Waals surface area contributed by atoms with Crippen molar-refractivity contribution < 1.29 is 22.5 Å². The number of rotatable bonds is 6. The number of fused-ring (bicyclic) bond motifs is 1. The molecule has 40 heavy (non-hydrogen) atoms. The van der Waals surface area contributed by atoms with Crippen molar-refractivity contribution in [3.63, 3.8) is 0 Å². The predicted octanol–water partition coefficient (Wildman–Crippen LogP) is 6.10. The Labute approximate surface area is 232 Å². The summed E-state index contributed by atoms with van der Waals surface area (Å²) < 4.78 is 39.9. The Morgan fingerprint density at radius 1 is 0.925 bits per heavy atom. The molecule has 0 aliphatic rings. The van der Waals surface area contributed by atoms with E-state index in [1.54, 1.807) is 23.6 Å². The first kappa shape index (κ1) is 28.0. The predicted molar refractivity (Wildman–Crippen MR) is 153 cm³/mol. The van der Waals surface area contributed by atoms with Gasteiger partial charge in [-0.25, -0.2) is 9.78 Å². The molecule has 1 heterocycles. The highest BCUT2D eigenvalue weighted by atomic mass is 32.2. The quantitative estimate of drug-likeness (QED) is 0.117. The number of hydrogen-bond acceptors (Lipinski definition) is 6. The lowest BCUT2D eigenvalue weighted by Gasteiger charge is -2.11. The third kappa shape index (κ3) is 6.50. The first-order valence-electron chi connectivity index (χ1n) is 12.3. The fourth-order valence-electron chi connectivity index (χ4n) is 3.97. The van der Waals surface area contributed by atoms with Crippen molar-refractivity contribution in [2.24, 2.45) is 0 Å². The van der Waals surface area contributed by atoms with Gasteiger partial charge in [0.2, 0.25) is 0 Å². The van der Waals surface area contributed by atoms with Gasteiger partial charge in [-0.05, 0) is 42.8 Å². The zero-order valence-corrected chi connectivity index (χ0v) is 22.3. The van der Waals surface area contributed by atoms with Crippen LogP contribution in [0.2, 0.25) is 0 Å². The molecule has 4 aromatic carbocycles. The minimum Gasteiger partial charge on any atom is -0.462 e. The summed E-state index contributed by atoms with van der Waals surface area (Å²) in [6.07, 6.45) is 1.51. The van der Waals surface area contributed by atoms with Crippen molar-refractivity contribution in [1.82, 2.24) is 9.55 Å². The van der Waals surface area contributed by atoms with E-state index in [0.717, 1.165) is 16.8 Å². The summed E-state index contributed by atoms with van der Waals surface area (Å²) in [5, 5.41) is 8.77. The first-order chi connectivity index (χ1) is 19.3. The molecule has 0 amide bonds. The normalized spacial score (nSPS) is 11.3. The summed E-state index contributed by atoms with van der Waals surface area (Å²) >= 11 is 0. The van der Waals surface area contributed by atoms with Gasteiger partial charge in [-0.3, -0.25) is 9.12 Å². The van der Waals surface area contributed by atoms with E-state index in [0.29, 0.717) is 16.9 Å². The van der Waals surface area contributed by atoms with Crippen molar-refractivity contribution in [2.75, 3.05) is 6.61 Å². The number of carbonyl (C=O) groups excluding carboxylic acids is 1. The van der Waals surface area contributed by atoms with Crippen LogP contribution in [0.1, 0.15) is 12.5 Å². The second-order valence-corrected chi connectivity index (χ2v) is 9.76. The van der Waals surface area contributed by atoms with Gasteiger partial charge in [-0.15, -0.1) is 0 Å². The molecule has 0 bridgehead atoms. The smallest absolute Gasteiger partial charge is 0.348 e. The summed E-state index contributed by atoms with van der Waals surface area (Å²) in [4.78, 5) is 15.7. The Kier molecular flexibility index (Phi) is 8.86. The molecule has 0 saturated heterocycles. The number of benzene rings is 4. The second kappa shape index (κ2) is 12.7. The van der Waals surface area contributed by atoms with Crippen molar-refractivity contribution in [3.8, 4) is 23.1 Å². The van der Waals surface area contributed by atoms with E-state index >= 15 is 0 Å². The molecule has 5 rings (SSSR count). The number of nitrogens with zero attached hydrogens (tertiary/aromatic N) is 3. The molecule has 0 atom stereocenters. The molecule has 9 heteroatoms. The summed E-state index contributed by atoms with van der Waals surface area (Å²) in [7, 11) is -4.39. The molecule has 0 saturated carbocycles. The van der Waals surface area contributed by atoms with E-state index in [-0.39, 0.29) is 17.1 Å². The zero-order chi connectivity index (χ0) is 28.5. The number of ether oxygens (including phenoxy) is 1. The zero-order valence-electron chi connectivity index (χ0n) is 21.5. The van der Waals surface area contributed by atoms with Gasteiger partial charge in [-0.1, -0.05) is 84.9 Å². The van der Waals surface area contributed by atoms with Gasteiger partial charge in [0.05, 0.1) is 17.6 Å². The van der Waals surface area contributed by atoms with Crippen molar-refractivity contribution in [2.45, 2.75) is 11.8 Å². The largest absolute Gasteiger partial charge is 0.462 e. The van der Waals surface area contributed by atoms with Crippen LogP contribution >= 0.6 is 0 Å². The van der Waals surface area contributed by atoms with Crippen LogP contribution in [0.5, 0.6) is 0 Å². The number of esters is 1. The molecular formula is C31H25N3O5S. The number of nitriles is 1. The third-order valence-corrected chi connectivity index (χ3v) is 6.58. The van der Waals surface area contributed by atoms with Crippen LogP contribution in [-0.4, -0.2) is 35.1 Å². The van der Waals surface area contributed by atoms with Crippen LogP contribution in [-0.2, 0) is 19.6 Å². The average Bonchev–Trinajstić information content (AvgIpc) is 3.37. The standard InChI is InChI=1S/C19H14N2O3S.C12H11NO2/c22-25(23,24)17-13-7-12-16-18(17)21(15-10-5-2-6-11-15)19(20-16)14-8-3-1-4-9-14;1-2-15-12(14)11(9-13)8-10-6-4-3-5-7-10/h1-13H,(H,22,23,24);3-8H,2H2,1H3. The second-order valence-electron chi connectivity index (χ2n) is 8.37.